The molecule has 0 radical (unpaired) electrons. The lowest BCUT2D eigenvalue weighted by Gasteiger charge is -2.11. The van der Waals surface area contributed by atoms with Crippen LogP contribution in [0.3, 0.4) is 0 Å². The largest absolute Gasteiger partial charge is 0.384 e. The molecule has 1 rings (SSSR count). The van der Waals surface area contributed by atoms with E-state index in [-0.39, 0.29) is 10.7 Å². The van der Waals surface area contributed by atoms with Crippen LogP contribution in [0, 0.1) is 11.3 Å². The minimum atomic E-state index is -1.52. The third-order valence-electron chi connectivity index (χ3n) is 1.44. The quantitative estimate of drug-likeness (QED) is 0.519. The molecule has 0 aliphatic carbocycles. The molecule has 2 N–H and O–H groups in total. The topological polar surface area (TPSA) is 90.0 Å². The first kappa shape index (κ1) is 9.86. The lowest BCUT2D eigenvalue weighted by atomic mass is 10.1. The van der Waals surface area contributed by atoms with Crippen LogP contribution in [0.1, 0.15) is 11.7 Å². The SMILES string of the molecule is N#CC(O)C(O)c1cncnc1Cl. The minimum Gasteiger partial charge on any atom is -0.384 e. The average molecular weight is 200 g/mol. The fourth-order valence-electron chi connectivity index (χ4n) is 0.765. The lowest BCUT2D eigenvalue weighted by Crippen LogP contribution is -2.16. The maximum absolute atomic E-state index is 9.33. The van der Waals surface area contributed by atoms with Crippen molar-refractivity contribution in [2.24, 2.45) is 0 Å². The number of rotatable bonds is 2. The summed E-state index contributed by atoms with van der Waals surface area (Å²) in [6.45, 7) is 0. The van der Waals surface area contributed by atoms with Crippen LogP contribution in [0.15, 0.2) is 12.5 Å². The molecule has 0 saturated carbocycles. The van der Waals surface area contributed by atoms with Gasteiger partial charge in [-0.25, -0.2) is 9.97 Å². The fourth-order valence-corrected chi connectivity index (χ4v) is 0.969. The van der Waals surface area contributed by atoms with Crippen LogP contribution in [-0.4, -0.2) is 26.3 Å². The highest BCUT2D eigenvalue weighted by atomic mass is 35.5. The normalized spacial score (nSPS) is 14.6. The number of aliphatic hydroxyl groups is 2. The third-order valence-corrected chi connectivity index (χ3v) is 1.76. The fraction of sp³-hybridized carbons (Fsp3) is 0.286. The monoisotopic (exact) mass is 199 g/mol. The van der Waals surface area contributed by atoms with Gasteiger partial charge in [0.05, 0.1) is 6.07 Å². The molecule has 0 aliphatic heterocycles. The number of halogens is 1. The summed E-state index contributed by atoms with van der Waals surface area (Å²) in [5.41, 5.74) is 0.137. The number of nitrogens with zero attached hydrogens (tertiary/aromatic N) is 3. The van der Waals surface area contributed by atoms with Crippen LogP contribution < -0.4 is 0 Å². The summed E-state index contributed by atoms with van der Waals surface area (Å²) >= 11 is 5.59. The number of nitriles is 1. The lowest BCUT2D eigenvalue weighted by molar-refractivity contribution is 0.0524. The summed E-state index contributed by atoms with van der Waals surface area (Å²) in [5.74, 6) is 0. The molecule has 1 heterocycles. The highest BCUT2D eigenvalue weighted by molar-refractivity contribution is 6.30. The van der Waals surface area contributed by atoms with Crippen LogP contribution >= 0.6 is 11.6 Å². The zero-order valence-corrected chi connectivity index (χ0v) is 7.18. The van der Waals surface area contributed by atoms with Gasteiger partial charge in [-0.15, -0.1) is 0 Å². The van der Waals surface area contributed by atoms with E-state index in [2.05, 4.69) is 9.97 Å². The molecule has 5 nitrogen and oxygen atoms in total. The minimum absolute atomic E-state index is 0.0248. The Hall–Kier alpha value is -1.22. The van der Waals surface area contributed by atoms with E-state index < -0.39 is 12.2 Å². The molecule has 0 aliphatic rings. The van der Waals surface area contributed by atoms with Gasteiger partial charge in [-0.3, -0.25) is 0 Å². The van der Waals surface area contributed by atoms with Gasteiger partial charge in [-0.2, -0.15) is 5.26 Å². The summed E-state index contributed by atoms with van der Waals surface area (Å²) in [5, 5.41) is 26.7. The molecule has 0 aromatic carbocycles. The van der Waals surface area contributed by atoms with Crippen LogP contribution in [0.4, 0.5) is 0 Å². The van der Waals surface area contributed by atoms with E-state index in [1.54, 1.807) is 0 Å². The molecule has 0 spiro atoms. The second-order valence-corrected chi connectivity index (χ2v) is 2.65. The second-order valence-electron chi connectivity index (χ2n) is 2.29. The maximum Gasteiger partial charge on any atom is 0.170 e. The molecule has 13 heavy (non-hydrogen) atoms. The van der Waals surface area contributed by atoms with E-state index in [0.717, 1.165) is 0 Å². The highest BCUT2D eigenvalue weighted by Crippen LogP contribution is 2.21. The van der Waals surface area contributed by atoms with E-state index in [0.29, 0.717) is 0 Å². The molecule has 0 saturated heterocycles. The Morgan fingerprint density at radius 1 is 1.54 bits per heavy atom. The molecule has 0 fully saturated rings. The van der Waals surface area contributed by atoms with Gasteiger partial charge >= 0.3 is 0 Å². The van der Waals surface area contributed by atoms with Crippen molar-refractivity contribution in [3.8, 4) is 6.07 Å². The Morgan fingerprint density at radius 3 is 2.77 bits per heavy atom. The van der Waals surface area contributed by atoms with Crippen molar-refractivity contribution in [2.45, 2.75) is 12.2 Å². The van der Waals surface area contributed by atoms with Crippen LogP contribution in [0.2, 0.25) is 5.15 Å². The first-order chi connectivity index (χ1) is 6.16. The zero-order valence-electron chi connectivity index (χ0n) is 6.42. The highest BCUT2D eigenvalue weighted by Gasteiger charge is 2.20. The van der Waals surface area contributed by atoms with Crippen molar-refractivity contribution in [3.05, 3.63) is 23.2 Å². The molecule has 6 heteroatoms. The number of hydrogen-bond donors (Lipinski definition) is 2. The predicted molar refractivity (Wildman–Crippen MR) is 43.6 cm³/mol. The average Bonchev–Trinajstić information content (AvgIpc) is 2.16. The number of aromatic nitrogens is 2. The van der Waals surface area contributed by atoms with Gasteiger partial charge in [0.2, 0.25) is 0 Å². The van der Waals surface area contributed by atoms with Crippen LogP contribution in [-0.2, 0) is 0 Å². The van der Waals surface area contributed by atoms with Crippen molar-refractivity contribution in [2.75, 3.05) is 0 Å². The van der Waals surface area contributed by atoms with E-state index in [1.807, 2.05) is 0 Å². The second kappa shape index (κ2) is 4.14. The maximum atomic E-state index is 9.33. The van der Waals surface area contributed by atoms with E-state index in [4.69, 9.17) is 22.0 Å². The number of hydrogen-bond acceptors (Lipinski definition) is 5. The van der Waals surface area contributed by atoms with Gasteiger partial charge in [0.15, 0.2) is 6.10 Å². The predicted octanol–water partition coefficient (Wildman–Crippen LogP) is 0.0479. The summed E-state index contributed by atoms with van der Waals surface area (Å²) in [7, 11) is 0. The summed E-state index contributed by atoms with van der Waals surface area (Å²) in [6.07, 6.45) is -0.445. The number of aliphatic hydroxyl groups excluding tert-OH is 2. The Balaban J connectivity index is 2.96. The van der Waals surface area contributed by atoms with Crippen molar-refractivity contribution in [1.82, 2.24) is 9.97 Å². The third kappa shape index (κ3) is 2.12. The molecular weight excluding hydrogens is 194 g/mol. The van der Waals surface area contributed by atoms with Gasteiger partial charge in [-0.1, -0.05) is 11.6 Å². The zero-order chi connectivity index (χ0) is 9.84. The first-order valence-electron chi connectivity index (χ1n) is 3.38. The molecule has 1 aromatic rings. The molecule has 0 bridgehead atoms. The molecule has 2 unspecified atom stereocenters. The van der Waals surface area contributed by atoms with Gasteiger partial charge in [-0.05, 0) is 0 Å². The Morgan fingerprint density at radius 2 is 2.23 bits per heavy atom. The summed E-state index contributed by atoms with van der Waals surface area (Å²) < 4.78 is 0. The van der Waals surface area contributed by atoms with E-state index >= 15 is 0 Å². The van der Waals surface area contributed by atoms with E-state index in [9.17, 15) is 5.11 Å². The van der Waals surface area contributed by atoms with Crippen molar-refractivity contribution < 1.29 is 10.2 Å². The molecule has 0 amide bonds. The van der Waals surface area contributed by atoms with Crippen LogP contribution in [0.5, 0.6) is 0 Å². The first-order valence-corrected chi connectivity index (χ1v) is 3.75. The molecule has 1 aromatic heterocycles. The Labute approximate surface area is 79.2 Å². The molecular formula is C7H6ClN3O2. The van der Waals surface area contributed by atoms with Gasteiger partial charge in [0.1, 0.15) is 17.6 Å². The van der Waals surface area contributed by atoms with E-state index in [1.165, 1.54) is 18.6 Å². The van der Waals surface area contributed by atoms with Gasteiger partial charge < -0.3 is 10.2 Å². The van der Waals surface area contributed by atoms with Crippen LogP contribution in [0.25, 0.3) is 0 Å². The summed E-state index contributed by atoms with van der Waals surface area (Å²) in [6, 6.07) is 1.48. The van der Waals surface area contributed by atoms with Gasteiger partial charge in [0, 0.05) is 11.8 Å². The van der Waals surface area contributed by atoms with Crippen molar-refractivity contribution >= 4 is 11.6 Å². The van der Waals surface area contributed by atoms with Crippen molar-refractivity contribution in [3.63, 3.8) is 0 Å². The van der Waals surface area contributed by atoms with Gasteiger partial charge in [0.25, 0.3) is 0 Å². The standard InChI is InChI=1S/C7H6ClN3O2/c8-7-4(2-10-3-11-7)6(13)5(12)1-9/h2-3,5-6,12-13H. The Kier molecular flexibility index (Phi) is 3.14. The summed E-state index contributed by atoms with van der Waals surface area (Å²) in [4.78, 5) is 7.20. The smallest absolute Gasteiger partial charge is 0.170 e. The van der Waals surface area contributed by atoms with Crippen molar-refractivity contribution in [1.29, 1.82) is 5.26 Å². The Bertz CT molecular complexity index is 339. The molecule has 2 atom stereocenters. The molecule has 68 valence electrons.